The van der Waals surface area contributed by atoms with Gasteiger partial charge in [0.15, 0.2) is 0 Å². The Bertz CT molecular complexity index is 697. The van der Waals surface area contributed by atoms with Gasteiger partial charge in [0.2, 0.25) is 5.91 Å². The lowest BCUT2D eigenvalue weighted by atomic mass is 10.1. The summed E-state index contributed by atoms with van der Waals surface area (Å²) in [5, 5.41) is 0. The number of carbonyl (C=O) groups is 1. The van der Waals surface area contributed by atoms with Gasteiger partial charge in [-0.1, -0.05) is 6.07 Å². The molecule has 0 bridgehead atoms. The molecule has 7 heteroatoms. The van der Waals surface area contributed by atoms with E-state index in [0.717, 1.165) is 18.1 Å². The summed E-state index contributed by atoms with van der Waals surface area (Å²) in [5.74, 6) is 0.931. The molecule has 2 aromatic rings. The van der Waals surface area contributed by atoms with Crippen molar-refractivity contribution in [1.82, 2.24) is 19.9 Å². The summed E-state index contributed by atoms with van der Waals surface area (Å²) >= 11 is 0. The number of aromatic nitrogens is 3. The second kappa shape index (κ2) is 6.52. The summed E-state index contributed by atoms with van der Waals surface area (Å²) in [6.07, 6.45) is 7.18. The van der Waals surface area contributed by atoms with Crippen LogP contribution in [0.4, 0.5) is 5.82 Å². The van der Waals surface area contributed by atoms with Gasteiger partial charge < -0.3 is 14.5 Å². The highest BCUT2D eigenvalue weighted by molar-refractivity contribution is 5.79. The molecule has 0 radical (unpaired) electrons. The number of carbonyl (C=O) groups excluding carboxylic acids is 1. The van der Waals surface area contributed by atoms with E-state index >= 15 is 0 Å². The van der Waals surface area contributed by atoms with Crippen LogP contribution in [0.5, 0.6) is 0 Å². The lowest BCUT2D eigenvalue weighted by Gasteiger charge is -2.37. The molecule has 124 valence electrons. The lowest BCUT2D eigenvalue weighted by molar-refractivity contribution is -0.130. The van der Waals surface area contributed by atoms with Gasteiger partial charge in [-0.3, -0.25) is 14.8 Å². The standard InChI is InChI=1S/C17H19N5O2/c23-17(9-13-3-1-2-4-19-13)21-11-14-15(12-21)24-8-7-22(14)16-10-18-5-6-20-16/h1-6,10,14-15H,7-9,11-12H2/t14-,15+/m1/s1. The van der Waals surface area contributed by atoms with E-state index in [0.29, 0.717) is 26.1 Å². The molecule has 2 aliphatic rings. The van der Waals surface area contributed by atoms with E-state index in [2.05, 4.69) is 19.9 Å². The Balaban J connectivity index is 1.47. The molecule has 0 saturated carbocycles. The number of amides is 1. The monoisotopic (exact) mass is 325 g/mol. The second-order valence-corrected chi connectivity index (χ2v) is 6.03. The number of rotatable bonds is 3. The molecule has 0 unspecified atom stereocenters. The molecule has 0 spiro atoms. The first-order valence-electron chi connectivity index (χ1n) is 8.13. The lowest BCUT2D eigenvalue weighted by Crippen LogP contribution is -2.51. The predicted octanol–water partition coefficient (Wildman–Crippen LogP) is 0.530. The number of ether oxygens (including phenoxy) is 1. The van der Waals surface area contributed by atoms with Gasteiger partial charge in [0.25, 0.3) is 0 Å². The Morgan fingerprint density at radius 2 is 2.17 bits per heavy atom. The Labute approximate surface area is 140 Å². The van der Waals surface area contributed by atoms with Gasteiger partial charge in [-0.25, -0.2) is 4.98 Å². The van der Waals surface area contributed by atoms with Gasteiger partial charge in [-0.15, -0.1) is 0 Å². The first-order valence-corrected chi connectivity index (χ1v) is 8.13. The summed E-state index contributed by atoms with van der Waals surface area (Å²) in [4.78, 5) is 29.4. The predicted molar refractivity (Wildman–Crippen MR) is 87.4 cm³/mol. The van der Waals surface area contributed by atoms with Gasteiger partial charge in [-0.2, -0.15) is 0 Å². The van der Waals surface area contributed by atoms with Crippen molar-refractivity contribution >= 4 is 11.7 Å². The molecule has 4 rings (SSSR count). The van der Waals surface area contributed by atoms with Gasteiger partial charge >= 0.3 is 0 Å². The first kappa shape index (κ1) is 15.0. The third-order valence-electron chi connectivity index (χ3n) is 4.56. The van der Waals surface area contributed by atoms with Crippen LogP contribution in [0.25, 0.3) is 0 Å². The van der Waals surface area contributed by atoms with Crippen LogP contribution in [-0.4, -0.2) is 64.1 Å². The molecule has 0 N–H and O–H groups in total. The van der Waals surface area contributed by atoms with Crippen LogP contribution < -0.4 is 4.90 Å². The number of hydrogen-bond donors (Lipinski definition) is 0. The largest absolute Gasteiger partial charge is 0.372 e. The average molecular weight is 325 g/mol. The number of nitrogens with zero attached hydrogens (tertiary/aromatic N) is 5. The van der Waals surface area contributed by atoms with Gasteiger partial charge in [0.05, 0.1) is 31.4 Å². The summed E-state index contributed by atoms with van der Waals surface area (Å²) in [6, 6.07) is 5.76. The van der Waals surface area contributed by atoms with Gasteiger partial charge in [0.1, 0.15) is 5.82 Å². The minimum atomic E-state index is 0.0217. The molecule has 0 aromatic carbocycles. The fourth-order valence-corrected chi connectivity index (χ4v) is 3.39. The zero-order valence-electron chi connectivity index (χ0n) is 13.3. The van der Waals surface area contributed by atoms with Crippen molar-refractivity contribution in [3.05, 3.63) is 48.7 Å². The normalized spacial score (nSPS) is 23.2. The number of pyridine rings is 1. The Hall–Kier alpha value is -2.54. The van der Waals surface area contributed by atoms with Crippen molar-refractivity contribution in [2.24, 2.45) is 0 Å². The van der Waals surface area contributed by atoms with Crippen molar-refractivity contribution in [2.75, 3.05) is 31.1 Å². The molecule has 7 nitrogen and oxygen atoms in total. The van der Waals surface area contributed by atoms with E-state index in [1.165, 1.54) is 0 Å². The third-order valence-corrected chi connectivity index (χ3v) is 4.56. The molecule has 2 aliphatic heterocycles. The summed E-state index contributed by atoms with van der Waals surface area (Å²) in [6.45, 7) is 2.67. The smallest absolute Gasteiger partial charge is 0.228 e. The van der Waals surface area contributed by atoms with Crippen LogP contribution in [0.1, 0.15) is 5.69 Å². The fourth-order valence-electron chi connectivity index (χ4n) is 3.39. The molecule has 4 heterocycles. The van der Waals surface area contributed by atoms with E-state index in [9.17, 15) is 4.79 Å². The zero-order valence-corrected chi connectivity index (χ0v) is 13.3. The van der Waals surface area contributed by atoms with Crippen molar-refractivity contribution in [2.45, 2.75) is 18.6 Å². The Kier molecular flexibility index (Phi) is 4.08. The molecule has 1 amide bonds. The Morgan fingerprint density at radius 1 is 1.21 bits per heavy atom. The first-order chi connectivity index (χ1) is 11.8. The van der Waals surface area contributed by atoms with Gasteiger partial charge in [0, 0.05) is 43.9 Å². The van der Waals surface area contributed by atoms with Crippen LogP contribution in [0, 0.1) is 0 Å². The number of hydrogen-bond acceptors (Lipinski definition) is 6. The van der Waals surface area contributed by atoms with Crippen LogP contribution in [-0.2, 0) is 16.0 Å². The van der Waals surface area contributed by atoms with E-state index in [-0.39, 0.29) is 18.1 Å². The van der Waals surface area contributed by atoms with Crippen LogP contribution in [0.15, 0.2) is 43.0 Å². The Morgan fingerprint density at radius 3 is 2.96 bits per heavy atom. The topological polar surface area (TPSA) is 71.5 Å². The van der Waals surface area contributed by atoms with E-state index in [4.69, 9.17) is 4.74 Å². The number of anilines is 1. The van der Waals surface area contributed by atoms with Crippen LogP contribution in [0.3, 0.4) is 0 Å². The maximum atomic E-state index is 12.6. The fraction of sp³-hybridized carbons (Fsp3) is 0.412. The summed E-state index contributed by atoms with van der Waals surface area (Å²) < 4.78 is 5.88. The molecule has 2 saturated heterocycles. The molecule has 0 aliphatic carbocycles. The summed E-state index contributed by atoms with van der Waals surface area (Å²) in [5.41, 5.74) is 0.795. The molecule has 2 aromatic heterocycles. The van der Waals surface area contributed by atoms with Crippen molar-refractivity contribution < 1.29 is 9.53 Å². The van der Waals surface area contributed by atoms with E-state index < -0.39 is 0 Å². The highest BCUT2D eigenvalue weighted by atomic mass is 16.5. The number of fused-ring (bicyclic) bond motifs is 1. The maximum absolute atomic E-state index is 12.6. The quantitative estimate of drug-likeness (QED) is 0.820. The van der Waals surface area contributed by atoms with Crippen molar-refractivity contribution in [3.8, 4) is 0 Å². The third kappa shape index (κ3) is 2.94. The minimum Gasteiger partial charge on any atom is -0.372 e. The minimum absolute atomic E-state index is 0.0217. The molecular weight excluding hydrogens is 306 g/mol. The molecule has 2 fully saturated rings. The highest BCUT2D eigenvalue weighted by Gasteiger charge is 2.42. The van der Waals surface area contributed by atoms with Crippen LogP contribution >= 0.6 is 0 Å². The van der Waals surface area contributed by atoms with Crippen LogP contribution in [0.2, 0.25) is 0 Å². The SMILES string of the molecule is O=C(Cc1ccccn1)N1C[C@@H]2OCCN(c3cnccn3)[C@@H]2C1. The van der Waals surface area contributed by atoms with Gasteiger partial charge in [-0.05, 0) is 12.1 Å². The molecule has 24 heavy (non-hydrogen) atoms. The highest BCUT2D eigenvalue weighted by Crippen LogP contribution is 2.26. The number of morpholine rings is 1. The van der Waals surface area contributed by atoms with E-state index in [1.807, 2.05) is 23.1 Å². The zero-order chi connectivity index (χ0) is 16.4. The second-order valence-electron chi connectivity index (χ2n) is 6.03. The molecule has 2 atom stereocenters. The van der Waals surface area contributed by atoms with E-state index in [1.54, 1.807) is 24.8 Å². The molecular formula is C17H19N5O2. The summed E-state index contributed by atoms with van der Waals surface area (Å²) in [7, 11) is 0. The van der Waals surface area contributed by atoms with Crippen molar-refractivity contribution in [3.63, 3.8) is 0 Å². The van der Waals surface area contributed by atoms with Crippen molar-refractivity contribution in [1.29, 1.82) is 0 Å². The maximum Gasteiger partial charge on any atom is 0.228 e. The number of likely N-dealkylation sites (tertiary alicyclic amines) is 1. The average Bonchev–Trinajstić information content (AvgIpc) is 3.08.